The van der Waals surface area contributed by atoms with Crippen LogP contribution in [0, 0.1) is 27.7 Å². The molecule has 4 aromatic rings. The Hall–Kier alpha value is -4.37. The van der Waals surface area contributed by atoms with Gasteiger partial charge in [0.2, 0.25) is 0 Å². The monoisotopic (exact) mass is 756 g/mol. The maximum absolute atomic E-state index is 4.38. The predicted octanol–water partition coefficient (Wildman–Crippen LogP) is 15.7. The van der Waals surface area contributed by atoms with E-state index in [4.69, 9.17) is 0 Å². The quantitative estimate of drug-likeness (QED) is 0.179. The van der Waals surface area contributed by atoms with Crippen molar-refractivity contribution in [2.75, 3.05) is 0 Å². The van der Waals surface area contributed by atoms with Gasteiger partial charge in [-0.2, -0.15) is 0 Å². The molecule has 3 aromatic heterocycles. The van der Waals surface area contributed by atoms with Gasteiger partial charge in [0, 0.05) is 48.0 Å². The molecule has 0 bridgehead atoms. The third-order valence-electron chi connectivity index (χ3n) is 10.9. The van der Waals surface area contributed by atoms with Gasteiger partial charge in [-0.1, -0.05) is 95.9 Å². The Morgan fingerprint density at radius 3 is 1.30 bits per heavy atom. The molecular weight excluding hydrogens is 679 g/mol. The summed E-state index contributed by atoms with van der Waals surface area (Å²) in [5.41, 5.74) is 28.3. The minimum absolute atomic E-state index is 1.04. The highest BCUT2D eigenvalue weighted by Crippen LogP contribution is 2.36. The van der Waals surface area contributed by atoms with Crippen molar-refractivity contribution in [3.05, 3.63) is 144 Å². The molecule has 3 heteroatoms. The molecule has 56 heavy (non-hydrogen) atoms. The Morgan fingerprint density at radius 1 is 0.375 bits per heavy atom. The lowest BCUT2D eigenvalue weighted by Gasteiger charge is -2.04. The van der Waals surface area contributed by atoms with E-state index < -0.39 is 0 Å². The van der Waals surface area contributed by atoms with E-state index in [1.54, 1.807) is 0 Å². The second-order valence-electron chi connectivity index (χ2n) is 14.3. The topological polar surface area (TPSA) is 38.7 Å². The minimum atomic E-state index is 1.04. The predicted molar refractivity (Wildman–Crippen MR) is 251 cm³/mol. The van der Waals surface area contributed by atoms with E-state index in [1.165, 1.54) is 112 Å². The van der Waals surface area contributed by atoms with Crippen LogP contribution < -0.4 is 0 Å². The Morgan fingerprint density at radius 2 is 0.804 bits per heavy atom. The molecule has 0 unspecified atom stereocenters. The zero-order valence-electron chi connectivity index (χ0n) is 39.4. The van der Waals surface area contributed by atoms with Gasteiger partial charge >= 0.3 is 0 Å². The van der Waals surface area contributed by atoms with Crippen molar-refractivity contribution in [2.24, 2.45) is 0 Å². The number of nitrogens with zero attached hydrogens (tertiary/aromatic N) is 3. The van der Waals surface area contributed by atoms with Crippen LogP contribution in [-0.4, -0.2) is 15.0 Å². The number of aryl methyl sites for hydroxylation is 4. The highest BCUT2D eigenvalue weighted by atomic mass is 14.7. The molecule has 0 atom stereocenters. The van der Waals surface area contributed by atoms with Gasteiger partial charge in [0.05, 0.1) is 5.69 Å². The molecule has 0 spiro atoms. The molecule has 3 heterocycles. The van der Waals surface area contributed by atoms with Crippen molar-refractivity contribution in [3.63, 3.8) is 0 Å². The normalized spacial score (nSPS) is 13.5. The highest BCUT2D eigenvalue weighted by molar-refractivity contribution is 5.78. The average Bonchev–Trinajstić information content (AvgIpc) is 3.89. The molecule has 0 aliphatic heterocycles. The molecule has 0 saturated carbocycles. The number of hydrogen-bond donors (Lipinski definition) is 0. The van der Waals surface area contributed by atoms with E-state index in [1.807, 2.05) is 80.2 Å². The molecule has 0 radical (unpaired) electrons. The zero-order chi connectivity index (χ0) is 42.9. The summed E-state index contributed by atoms with van der Waals surface area (Å²) < 4.78 is 0. The van der Waals surface area contributed by atoms with E-state index in [2.05, 4.69) is 128 Å². The zero-order valence-corrected chi connectivity index (χ0v) is 39.4. The molecule has 8 rings (SSSR count). The third kappa shape index (κ3) is 11.8. The Kier molecular flexibility index (Phi) is 21.5. The highest BCUT2D eigenvalue weighted by Gasteiger charge is 2.20. The summed E-state index contributed by atoms with van der Waals surface area (Å²) in [5.74, 6) is 0. The van der Waals surface area contributed by atoms with E-state index in [0.29, 0.717) is 0 Å². The number of aromatic nitrogens is 3. The molecule has 0 fully saturated rings. The Labute approximate surface area is 344 Å². The average molecular weight is 756 g/mol. The van der Waals surface area contributed by atoms with Crippen molar-refractivity contribution >= 4 is 22.3 Å². The fraction of sp³-hybridized carbons (Fsp3) is 0.453. The summed E-state index contributed by atoms with van der Waals surface area (Å²) in [6.07, 6.45) is 12.1. The number of pyridine rings is 3. The van der Waals surface area contributed by atoms with Gasteiger partial charge in [0.15, 0.2) is 0 Å². The smallest absolute Gasteiger partial charge is 0.0521 e. The van der Waals surface area contributed by atoms with Crippen molar-refractivity contribution in [1.29, 1.82) is 0 Å². The lowest BCUT2D eigenvalue weighted by molar-refractivity contribution is 1.07. The summed E-state index contributed by atoms with van der Waals surface area (Å²) in [5, 5.41) is 0. The van der Waals surface area contributed by atoms with Gasteiger partial charge in [-0.3, -0.25) is 15.0 Å². The third-order valence-corrected chi connectivity index (χ3v) is 10.9. The Bertz CT molecular complexity index is 1740. The number of benzene rings is 1. The van der Waals surface area contributed by atoms with E-state index in [-0.39, 0.29) is 0 Å². The number of fused-ring (bicyclic) bond motifs is 4. The Balaban J connectivity index is 0.000000352. The van der Waals surface area contributed by atoms with Crippen molar-refractivity contribution in [2.45, 2.75) is 164 Å². The van der Waals surface area contributed by atoms with Crippen LogP contribution in [0.5, 0.6) is 0 Å². The maximum Gasteiger partial charge on any atom is 0.0521 e. The van der Waals surface area contributed by atoms with Crippen LogP contribution in [-0.2, 0) is 25.7 Å². The first-order chi connectivity index (χ1) is 26.8. The molecule has 0 N–H and O–H groups in total. The molecule has 0 saturated heterocycles. The van der Waals surface area contributed by atoms with Crippen LogP contribution in [0.15, 0.2) is 77.4 Å². The molecule has 4 aliphatic carbocycles. The van der Waals surface area contributed by atoms with Crippen molar-refractivity contribution < 1.29 is 0 Å². The van der Waals surface area contributed by atoms with Crippen LogP contribution in [0.1, 0.15) is 178 Å². The first kappa shape index (κ1) is 49.6. The summed E-state index contributed by atoms with van der Waals surface area (Å²) in [6.45, 7) is 42.2. The van der Waals surface area contributed by atoms with Gasteiger partial charge in [-0.15, -0.1) is 0 Å². The maximum atomic E-state index is 4.38. The number of allylic oxidation sites excluding steroid dienone is 8. The second-order valence-corrected chi connectivity index (χ2v) is 14.3. The molecule has 3 nitrogen and oxygen atoms in total. The molecular formula is C53H77N3. The first-order valence-electron chi connectivity index (χ1n) is 21.4. The van der Waals surface area contributed by atoms with Crippen LogP contribution >= 0.6 is 0 Å². The number of hydrogen-bond acceptors (Lipinski definition) is 3. The SMILES string of the molecule is CC.CC.CC.CC.CC1=C(C)c2c(C)cccc2C1.CC1=C(C)c2c(C)ccnc2C1.CC1=C(C)c2c(C)cncc2C1.CC1=C(C)c2c(ccnc2C)C1. The largest absolute Gasteiger partial charge is 0.264 e. The van der Waals surface area contributed by atoms with Gasteiger partial charge in [0.1, 0.15) is 0 Å². The van der Waals surface area contributed by atoms with E-state index in [9.17, 15) is 0 Å². The van der Waals surface area contributed by atoms with Crippen molar-refractivity contribution in [3.8, 4) is 0 Å². The van der Waals surface area contributed by atoms with Crippen LogP contribution in [0.3, 0.4) is 0 Å². The van der Waals surface area contributed by atoms with E-state index in [0.717, 1.165) is 25.7 Å². The summed E-state index contributed by atoms with van der Waals surface area (Å²) in [6, 6.07) is 10.8. The number of rotatable bonds is 0. The molecule has 304 valence electrons. The standard InChI is InChI=1S/C12H14.3C11H13N.4C2H6/c1-8-5-4-6-11-7-9(2)10(3)12(8)11;1-7-4-10-6-12-5-8(2)11(10)9(7)3;1-7-6-10-4-5-12-9(3)11(10)8(7)2;1-7-4-5-12-10-6-8(2)9(3)11(7)10;4*1-2/h4-6H,7H2,1-3H3;5-6H,4H2,1-3H3;2*4-5H,6H2,1-3H3;4*1-2H3. The van der Waals surface area contributed by atoms with Crippen LogP contribution in [0.2, 0.25) is 0 Å². The minimum Gasteiger partial charge on any atom is -0.264 e. The van der Waals surface area contributed by atoms with Gasteiger partial charge in [-0.25, -0.2) is 0 Å². The molecule has 0 amide bonds. The lowest BCUT2D eigenvalue weighted by Crippen LogP contribution is -1.91. The van der Waals surface area contributed by atoms with Gasteiger partial charge < -0.3 is 0 Å². The molecule has 4 aliphatic rings. The van der Waals surface area contributed by atoms with Gasteiger partial charge in [-0.05, 0) is 181 Å². The van der Waals surface area contributed by atoms with Crippen LogP contribution in [0.4, 0.5) is 0 Å². The fourth-order valence-corrected chi connectivity index (χ4v) is 7.74. The lowest BCUT2D eigenvalue weighted by atomic mass is 10.0. The fourth-order valence-electron chi connectivity index (χ4n) is 7.74. The molecule has 1 aromatic carbocycles. The summed E-state index contributed by atoms with van der Waals surface area (Å²) in [4.78, 5) is 12.9. The first-order valence-corrected chi connectivity index (χ1v) is 21.4. The van der Waals surface area contributed by atoms with Crippen molar-refractivity contribution in [1.82, 2.24) is 15.0 Å². The second kappa shape index (κ2) is 24.3. The summed E-state index contributed by atoms with van der Waals surface area (Å²) >= 11 is 0. The summed E-state index contributed by atoms with van der Waals surface area (Å²) in [7, 11) is 0. The van der Waals surface area contributed by atoms with Gasteiger partial charge in [0.25, 0.3) is 0 Å². The van der Waals surface area contributed by atoms with Crippen LogP contribution in [0.25, 0.3) is 22.3 Å². The van der Waals surface area contributed by atoms with E-state index >= 15 is 0 Å².